The normalized spacial score (nSPS) is 12.4. The molecule has 0 spiro atoms. The average Bonchev–Trinajstić information content (AvgIpc) is 3.08. The Labute approximate surface area is 144 Å². The van der Waals surface area contributed by atoms with Crippen LogP contribution in [0.3, 0.4) is 0 Å². The van der Waals surface area contributed by atoms with Gasteiger partial charge in [-0.3, -0.25) is 14.0 Å². The highest BCUT2D eigenvalue weighted by Gasteiger charge is 2.18. The Morgan fingerprint density at radius 3 is 2.48 bits per heavy atom. The predicted molar refractivity (Wildman–Crippen MR) is 100.0 cm³/mol. The third-order valence-corrected chi connectivity index (χ3v) is 4.42. The number of anilines is 1. The molecule has 0 saturated carbocycles. The van der Waals surface area contributed by atoms with Crippen molar-refractivity contribution < 1.29 is 0 Å². The summed E-state index contributed by atoms with van der Waals surface area (Å²) in [7, 11) is 0. The van der Waals surface area contributed by atoms with Crippen molar-refractivity contribution in [3.8, 4) is 5.69 Å². The topological polar surface area (TPSA) is 65.8 Å². The summed E-state index contributed by atoms with van der Waals surface area (Å²) in [4.78, 5) is 13.2. The van der Waals surface area contributed by atoms with E-state index in [1.807, 2.05) is 67.6 Å². The van der Waals surface area contributed by atoms with Gasteiger partial charge in [0, 0.05) is 17.3 Å². The molecule has 25 heavy (non-hydrogen) atoms. The molecule has 124 valence electrons. The summed E-state index contributed by atoms with van der Waals surface area (Å²) < 4.78 is 3.53. The van der Waals surface area contributed by atoms with Gasteiger partial charge in [0.2, 0.25) is 0 Å². The molecule has 5 nitrogen and oxygen atoms in total. The van der Waals surface area contributed by atoms with Crippen molar-refractivity contribution in [2.45, 2.75) is 13.0 Å². The molecule has 0 aliphatic carbocycles. The Kier molecular flexibility index (Phi) is 3.61. The molecule has 2 aromatic carbocycles. The number of rotatable bonds is 3. The lowest BCUT2D eigenvalue weighted by atomic mass is 10.1. The van der Waals surface area contributed by atoms with Gasteiger partial charge in [-0.25, -0.2) is 0 Å². The lowest BCUT2D eigenvalue weighted by Gasteiger charge is -2.20. The van der Waals surface area contributed by atoms with Gasteiger partial charge in [-0.2, -0.15) is 5.10 Å². The van der Waals surface area contributed by atoms with Crippen molar-refractivity contribution in [2.75, 3.05) is 5.73 Å². The molecule has 0 bridgehead atoms. The molecule has 0 fully saturated rings. The average molecular weight is 330 g/mol. The number of hydrogen-bond donors (Lipinski definition) is 1. The number of aromatic nitrogens is 3. The highest BCUT2D eigenvalue weighted by atomic mass is 16.1. The van der Waals surface area contributed by atoms with Crippen molar-refractivity contribution in [2.24, 2.45) is 0 Å². The third kappa shape index (κ3) is 2.59. The van der Waals surface area contributed by atoms with Crippen LogP contribution in [0.15, 0.2) is 77.9 Å². The quantitative estimate of drug-likeness (QED) is 0.626. The minimum absolute atomic E-state index is 0.0359. The van der Waals surface area contributed by atoms with E-state index < -0.39 is 0 Å². The van der Waals surface area contributed by atoms with E-state index in [9.17, 15) is 4.79 Å². The fraction of sp³-hybridized carbons (Fsp3) is 0.100. The minimum atomic E-state index is -0.144. The van der Waals surface area contributed by atoms with Gasteiger partial charge in [-0.1, -0.05) is 36.4 Å². The van der Waals surface area contributed by atoms with E-state index in [2.05, 4.69) is 5.10 Å². The summed E-state index contributed by atoms with van der Waals surface area (Å²) in [5.41, 5.74) is 8.07. The van der Waals surface area contributed by atoms with Gasteiger partial charge in [-0.15, -0.1) is 0 Å². The molecule has 0 aliphatic heterocycles. The van der Waals surface area contributed by atoms with Gasteiger partial charge in [0.1, 0.15) is 0 Å². The first kappa shape index (κ1) is 15.2. The Bertz CT molecular complexity index is 1100. The van der Waals surface area contributed by atoms with Crippen LogP contribution in [0.25, 0.3) is 16.5 Å². The molecule has 1 unspecified atom stereocenters. The van der Waals surface area contributed by atoms with Crippen molar-refractivity contribution in [3.63, 3.8) is 0 Å². The van der Waals surface area contributed by atoms with Crippen LogP contribution in [0.5, 0.6) is 0 Å². The molecule has 0 saturated heterocycles. The molecule has 0 amide bonds. The summed E-state index contributed by atoms with van der Waals surface area (Å²) in [5, 5.41) is 5.93. The van der Waals surface area contributed by atoms with E-state index in [4.69, 9.17) is 5.73 Å². The van der Waals surface area contributed by atoms with Gasteiger partial charge in [0.15, 0.2) is 0 Å². The molecule has 0 radical (unpaired) electrons. The second-order valence-corrected chi connectivity index (χ2v) is 6.06. The number of hydrogen-bond acceptors (Lipinski definition) is 3. The van der Waals surface area contributed by atoms with E-state index in [1.165, 1.54) is 0 Å². The Hall–Kier alpha value is -3.34. The number of nitrogen functional groups attached to an aromatic ring is 1. The van der Waals surface area contributed by atoms with Crippen LogP contribution in [0.2, 0.25) is 0 Å². The molecule has 2 aromatic heterocycles. The van der Waals surface area contributed by atoms with E-state index in [1.54, 1.807) is 21.6 Å². The number of para-hydroxylation sites is 1. The lowest BCUT2D eigenvalue weighted by Crippen LogP contribution is -2.25. The van der Waals surface area contributed by atoms with Crippen LogP contribution in [0.4, 0.5) is 5.69 Å². The number of pyridine rings is 1. The van der Waals surface area contributed by atoms with Crippen LogP contribution in [-0.2, 0) is 0 Å². The minimum Gasteiger partial charge on any atom is -0.396 e. The van der Waals surface area contributed by atoms with E-state index in [0.717, 1.165) is 16.8 Å². The highest BCUT2D eigenvalue weighted by molar-refractivity contribution is 5.82. The van der Waals surface area contributed by atoms with Crippen LogP contribution < -0.4 is 11.3 Å². The first-order chi connectivity index (χ1) is 12.1. The smallest absolute Gasteiger partial charge is 0.263 e. The molecule has 0 aliphatic rings. The zero-order valence-electron chi connectivity index (χ0n) is 13.8. The monoisotopic (exact) mass is 330 g/mol. The van der Waals surface area contributed by atoms with Gasteiger partial charge in [0.05, 0.1) is 23.6 Å². The second kappa shape index (κ2) is 5.94. The second-order valence-electron chi connectivity index (χ2n) is 6.06. The molecule has 2 heterocycles. The van der Waals surface area contributed by atoms with Crippen LogP contribution in [-0.4, -0.2) is 14.3 Å². The van der Waals surface area contributed by atoms with Crippen molar-refractivity contribution in [1.29, 1.82) is 0 Å². The fourth-order valence-electron chi connectivity index (χ4n) is 3.13. The lowest BCUT2D eigenvalue weighted by molar-refractivity contribution is 0.539. The first-order valence-electron chi connectivity index (χ1n) is 8.15. The molecule has 2 N–H and O–H groups in total. The first-order valence-corrected chi connectivity index (χ1v) is 8.15. The van der Waals surface area contributed by atoms with Crippen molar-refractivity contribution >= 4 is 16.5 Å². The molecular weight excluding hydrogens is 312 g/mol. The number of benzene rings is 2. The van der Waals surface area contributed by atoms with Crippen molar-refractivity contribution in [1.82, 2.24) is 14.3 Å². The Morgan fingerprint density at radius 2 is 1.76 bits per heavy atom. The molecule has 4 rings (SSSR count). The molecule has 5 heteroatoms. The molecular formula is C20H18N4O. The summed E-state index contributed by atoms with van der Waals surface area (Å²) in [6.45, 7) is 2.01. The van der Waals surface area contributed by atoms with Crippen LogP contribution in [0.1, 0.15) is 18.7 Å². The predicted octanol–water partition coefficient (Wildman–Crippen LogP) is 3.38. The van der Waals surface area contributed by atoms with Crippen LogP contribution >= 0.6 is 0 Å². The summed E-state index contributed by atoms with van der Waals surface area (Å²) >= 11 is 0. The van der Waals surface area contributed by atoms with E-state index in [-0.39, 0.29) is 11.6 Å². The maximum absolute atomic E-state index is 13.2. The summed E-state index contributed by atoms with van der Waals surface area (Å²) in [5.74, 6) is 0. The SMILES string of the molecule is CC(c1cc2ccccc2c(=O)n1-c1ccccc1)n1cc(N)cn1. The number of nitrogens with two attached hydrogens (primary N) is 1. The maximum atomic E-state index is 13.2. The van der Waals surface area contributed by atoms with Gasteiger partial charge >= 0.3 is 0 Å². The molecule has 1 atom stereocenters. The maximum Gasteiger partial charge on any atom is 0.263 e. The summed E-state index contributed by atoms with van der Waals surface area (Å²) in [6.07, 6.45) is 3.39. The Balaban J connectivity index is 2.03. The third-order valence-electron chi connectivity index (χ3n) is 4.42. The van der Waals surface area contributed by atoms with E-state index >= 15 is 0 Å². The number of nitrogens with zero attached hydrogens (tertiary/aromatic N) is 3. The number of fused-ring (bicyclic) bond motifs is 1. The van der Waals surface area contributed by atoms with Crippen molar-refractivity contribution in [3.05, 3.63) is 89.1 Å². The standard InChI is InChI=1S/C20H18N4O/c1-14(23-13-16(21)12-22-23)19-11-15-7-5-6-10-18(15)20(25)24(19)17-8-3-2-4-9-17/h2-14H,21H2,1H3. The highest BCUT2D eigenvalue weighted by Crippen LogP contribution is 2.23. The van der Waals surface area contributed by atoms with Crippen LogP contribution in [0, 0.1) is 0 Å². The van der Waals surface area contributed by atoms with E-state index in [0.29, 0.717) is 11.1 Å². The zero-order valence-corrected chi connectivity index (χ0v) is 13.8. The Morgan fingerprint density at radius 1 is 1.04 bits per heavy atom. The zero-order chi connectivity index (χ0) is 17.4. The molecule has 4 aromatic rings. The van der Waals surface area contributed by atoms with Gasteiger partial charge < -0.3 is 5.73 Å². The largest absolute Gasteiger partial charge is 0.396 e. The van der Waals surface area contributed by atoms with Gasteiger partial charge in [-0.05, 0) is 36.6 Å². The fourth-order valence-corrected chi connectivity index (χ4v) is 3.13. The van der Waals surface area contributed by atoms with Gasteiger partial charge in [0.25, 0.3) is 5.56 Å². The summed E-state index contributed by atoms with van der Waals surface area (Å²) in [6, 6.07) is 19.2.